The van der Waals surface area contributed by atoms with Gasteiger partial charge < -0.3 is 30.3 Å². The molecule has 49 heavy (non-hydrogen) atoms. The Morgan fingerprint density at radius 3 is 2.47 bits per heavy atom. The molecule has 1 saturated carbocycles. The molecule has 1 spiro atoms. The molecule has 0 radical (unpaired) electrons. The molecule has 4 aromatic rings. The summed E-state index contributed by atoms with van der Waals surface area (Å²) in [6, 6.07) is 13.5. The van der Waals surface area contributed by atoms with E-state index in [1.54, 1.807) is 18.2 Å². The first-order chi connectivity index (χ1) is 23.9. The molecular weight excluding hydrogens is 615 g/mol. The summed E-state index contributed by atoms with van der Waals surface area (Å²) in [6.45, 7) is 7.79. The van der Waals surface area contributed by atoms with Gasteiger partial charge in [0.1, 0.15) is 17.1 Å². The zero-order chi connectivity index (χ0) is 33.2. The molecular formula is C40H45FN6O2. The Labute approximate surface area is 287 Å². The van der Waals surface area contributed by atoms with Crippen LogP contribution in [0.3, 0.4) is 0 Å². The first-order valence-corrected chi connectivity index (χ1v) is 18.2. The number of aromatic nitrogens is 2. The van der Waals surface area contributed by atoms with Crippen LogP contribution in [0.1, 0.15) is 56.9 Å². The van der Waals surface area contributed by atoms with Crippen LogP contribution in [-0.4, -0.2) is 84.5 Å². The zero-order valence-corrected chi connectivity index (χ0v) is 28.1. The van der Waals surface area contributed by atoms with Crippen LogP contribution < -0.4 is 20.3 Å². The second kappa shape index (κ2) is 12.1. The first-order valence-electron chi connectivity index (χ1n) is 18.2. The van der Waals surface area contributed by atoms with Crippen LogP contribution in [-0.2, 0) is 0 Å². The summed E-state index contributed by atoms with van der Waals surface area (Å²) in [7, 11) is 0. The Hall–Kier alpha value is -3.97. The molecule has 254 valence electrons. The summed E-state index contributed by atoms with van der Waals surface area (Å²) < 4.78 is 23.5. The SMILES string of the molecule is C#Cc1cccc2cc(O)cc(-c3ccc4c(N5CC6CCC(C5)N6)nc(OCC5(CN6CCC7(CCNCC7)CC6)CC5)nc4c3F)c12. The third kappa shape index (κ3) is 5.78. The maximum absolute atomic E-state index is 17.0. The number of phenols is 1. The average Bonchev–Trinajstić information content (AvgIpc) is 3.81. The number of anilines is 1. The highest BCUT2D eigenvalue weighted by Gasteiger charge is 2.46. The van der Waals surface area contributed by atoms with Gasteiger partial charge in [0.15, 0.2) is 5.82 Å². The third-order valence-corrected chi connectivity index (χ3v) is 12.3. The summed E-state index contributed by atoms with van der Waals surface area (Å²) in [4.78, 5) is 14.7. The Balaban J connectivity index is 1.04. The minimum atomic E-state index is -0.468. The molecule has 3 N–H and O–H groups in total. The van der Waals surface area contributed by atoms with Crippen LogP contribution >= 0.6 is 0 Å². The van der Waals surface area contributed by atoms with E-state index in [-0.39, 0.29) is 22.7 Å². The van der Waals surface area contributed by atoms with Crippen molar-refractivity contribution in [3.8, 4) is 35.2 Å². The summed E-state index contributed by atoms with van der Waals surface area (Å²) in [5, 5.41) is 20.0. The lowest BCUT2D eigenvalue weighted by Crippen LogP contribution is -2.51. The van der Waals surface area contributed by atoms with Crippen molar-refractivity contribution < 1.29 is 14.2 Å². The van der Waals surface area contributed by atoms with E-state index in [4.69, 9.17) is 21.1 Å². The van der Waals surface area contributed by atoms with Crippen molar-refractivity contribution in [2.75, 3.05) is 57.3 Å². The molecule has 9 rings (SSSR count). The second-order valence-electron chi connectivity index (χ2n) is 15.6. The Bertz CT molecular complexity index is 1940. The van der Waals surface area contributed by atoms with Gasteiger partial charge in [-0.1, -0.05) is 24.1 Å². The molecule has 2 unspecified atom stereocenters. The summed E-state index contributed by atoms with van der Waals surface area (Å²) in [5.74, 6) is 3.05. The highest BCUT2D eigenvalue weighted by molar-refractivity contribution is 6.04. The van der Waals surface area contributed by atoms with Crippen molar-refractivity contribution >= 4 is 27.5 Å². The third-order valence-electron chi connectivity index (χ3n) is 12.3. The number of rotatable bonds is 7. The number of terminal acetylenes is 1. The first kappa shape index (κ1) is 31.0. The van der Waals surface area contributed by atoms with Gasteiger partial charge in [0, 0.05) is 59.0 Å². The number of hydrogen-bond acceptors (Lipinski definition) is 8. The molecule has 2 atom stereocenters. The summed E-state index contributed by atoms with van der Waals surface area (Å²) in [6.07, 6.45) is 15.6. The number of hydrogen-bond donors (Lipinski definition) is 3. The minimum absolute atomic E-state index is 0.0502. The van der Waals surface area contributed by atoms with E-state index >= 15 is 4.39 Å². The van der Waals surface area contributed by atoms with E-state index in [1.165, 1.54) is 25.7 Å². The maximum Gasteiger partial charge on any atom is 0.319 e. The number of nitrogens with zero attached hydrogens (tertiary/aromatic N) is 4. The number of piperazine rings is 1. The number of nitrogens with one attached hydrogen (secondary N) is 2. The van der Waals surface area contributed by atoms with E-state index in [0.29, 0.717) is 46.2 Å². The van der Waals surface area contributed by atoms with Crippen LogP contribution in [0.25, 0.3) is 32.8 Å². The molecule has 3 aromatic carbocycles. The van der Waals surface area contributed by atoms with Crippen molar-refractivity contribution in [1.82, 2.24) is 25.5 Å². The van der Waals surface area contributed by atoms with Crippen LogP contribution in [0.4, 0.5) is 10.2 Å². The number of fused-ring (bicyclic) bond motifs is 4. The zero-order valence-electron chi connectivity index (χ0n) is 28.1. The van der Waals surface area contributed by atoms with E-state index < -0.39 is 5.82 Å². The van der Waals surface area contributed by atoms with E-state index in [0.717, 1.165) is 88.1 Å². The maximum atomic E-state index is 17.0. The predicted octanol–water partition coefficient (Wildman–Crippen LogP) is 5.84. The predicted molar refractivity (Wildman–Crippen MR) is 192 cm³/mol. The van der Waals surface area contributed by atoms with Gasteiger partial charge in [0.2, 0.25) is 0 Å². The number of halogens is 1. The quantitative estimate of drug-likeness (QED) is 0.213. The lowest BCUT2D eigenvalue weighted by Gasteiger charge is -2.45. The monoisotopic (exact) mass is 660 g/mol. The fraction of sp³-hybridized carbons (Fsp3) is 0.500. The molecule has 1 aliphatic carbocycles. The van der Waals surface area contributed by atoms with Crippen molar-refractivity contribution in [1.29, 1.82) is 0 Å². The Morgan fingerprint density at radius 2 is 1.73 bits per heavy atom. The summed E-state index contributed by atoms with van der Waals surface area (Å²) >= 11 is 0. The van der Waals surface area contributed by atoms with Crippen LogP contribution in [0.15, 0.2) is 42.5 Å². The Kier molecular flexibility index (Phi) is 7.68. The number of likely N-dealkylation sites (tertiary alicyclic amines) is 1. The van der Waals surface area contributed by atoms with Crippen LogP contribution in [0.2, 0.25) is 0 Å². The van der Waals surface area contributed by atoms with Crippen molar-refractivity contribution in [3.63, 3.8) is 0 Å². The molecule has 5 heterocycles. The molecule has 4 aliphatic heterocycles. The van der Waals surface area contributed by atoms with Crippen molar-refractivity contribution in [3.05, 3.63) is 53.8 Å². The van der Waals surface area contributed by atoms with Gasteiger partial charge in [0.05, 0.1) is 6.61 Å². The molecule has 2 bridgehead atoms. The number of phenolic OH excluding ortho intramolecular Hbond substituents is 1. The van der Waals surface area contributed by atoms with Gasteiger partial charge in [-0.2, -0.15) is 9.97 Å². The highest BCUT2D eigenvalue weighted by atomic mass is 19.1. The number of ether oxygens (including phenoxy) is 1. The lowest BCUT2D eigenvalue weighted by atomic mass is 9.71. The minimum Gasteiger partial charge on any atom is -0.508 e. The van der Waals surface area contributed by atoms with Gasteiger partial charge in [0.25, 0.3) is 0 Å². The van der Waals surface area contributed by atoms with Gasteiger partial charge in [-0.05, 0) is 118 Å². The summed E-state index contributed by atoms with van der Waals surface area (Å²) in [5.41, 5.74) is 2.37. The highest BCUT2D eigenvalue weighted by Crippen LogP contribution is 2.48. The number of piperidine rings is 2. The van der Waals surface area contributed by atoms with E-state index in [1.807, 2.05) is 24.3 Å². The van der Waals surface area contributed by atoms with Gasteiger partial charge in [-0.3, -0.25) is 0 Å². The van der Waals surface area contributed by atoms with Gasteiger partial charge >= 0.3 is 6.01 Å². The van der Waals surface area contributed by atoms with E-state index in [9.17, 15) is 5.11 Å². The molecule has 5 aliphatic rings. The molecule has 8 nitrogen and oxygen atoms in total. The smallest absolute Gasteiger partial charge is 0.319 e. The standard InChI is InChI=1S/C40H45FN6O2/c1-2-26-4-3-5-27-20-30(48)21-33(34(26)27)31-8-9-32-36(35(31)41)44-38(45-37(32)47-22-28-6-7-29(23-47)43-28)49-25-40(10-11-40)24-46-18-14-39(15-19-46)12-16-42-17-13-39/h1,3-5,8-9,20-21,28-29,42-43,48H,6-7,10-19,22-25H2. The molecule has 0 amide bonds. The van der Waals surface area contributed by atoms with E-state index in [2.05, 4.69) is 26.4 Å². The molecule has 9 heteroatoms. The topological polar surface area (TPSA) is 85.8 Å². The molecule has 4 saturated heterocycles. The van der Waals surface area contributed by atoms with Gasteiger partial charge in [-0.25, -0.2) is 4.39 Å². The Morgan fingerprint density at radius 1 is 0.959 bits per heavy atom. The molecule has 1 aromatic heterocycles. The second-order valence-corrected chi connectivity index (χ2v) is 15.6. The van der Waals surface area contributed by atoms with Gasteiger partial charge in [-0.15, -0.1) is 6.42 Å². The van der Waals surface area contributed by atoms with Crippen molar-refractivity contribution in [2.24, 2.45) is 10.8 Å². The lowest BCUT2D eigenvalue weighted by molar-refractivity contribution is 0.0547. The van der Waals surface area contributed by atoms with Crippen LogP contribution in [0, 0.1) is 29.0 Å². The normalized spacial score (nSPS) is 24.4. The number of aromatic hydroxyl groups is 1. The number of benzene rings is 3. The largest absolute Gasteiger partial charge is 0.508 e. The molecule has 5 fully saturated rings. The fourth-order valence-corrected chi connectivity index (χ4v) is 9.21. The van der Waals surface area contributed by atoms with Crippen molar-refractivity contribution in [2.45, 2.75) is 63.5 Å². The fourth-order valence-electron chi connectivity index (χ4n) is 9.21. The average molecular weight is 661 g/mol. The van der Waals surface area contributed by atoms with Crippen LogP contribution in [0.5, 0.6) is 11.8 Å².